The van der Waals surface area contributed by atoms with E-state index in [0.717, 1.165) is 6.08 Å². The van der Waals surface area contributed by atoms with Gasteiger partial charge in [0.2, 0.25) is 0 Å². The lowest BCUT2D eigenvalue weighted by Crippen LogP contribution is -2.35. The van der Waals surface area contributed by atoms with Crippen LogP contribution in [0.25, 0.3) is 0 Å². The van der Waals surface area contributed by atoms with Crippen molar-refractivity contribution in [3.63, 3.8) is 0 Å². The van der Waals surface area contributed by atoms with Gasteiger partial charge in [0.25, 0.3) is 0 Å². The fourth-order valence-electron chi connectivity index (χ4n) is 0.539. The highest BCUT2D eigenvalue weighted by Gasteiger charge is 2.39. The molecule has 0 aromatic heterocycles. The number of carbonyl (C=O) groups excluding carboxylic acids is 1. The van der Waals surface area contributed by atoms with Crippen LogP contribution < -0.4 is 0 Å². The first kappa shape index (κ1) is 10.7. The van der Waals surface area contributed by atoms with Gasteiger partial charge in [-0.05, 0) is 13.8 Å². The molecule has 0 saturated heterocycles. The smallest absolute Gasteiger partial charge is 0.327 e. The zero-order valence-corrected chi connectivity index (χ0v) is 7.16. The van der Waals surface area contributed by atoms with Gasteiger partial charge in [-0.2, -0.15) is 0 Å². The van der Waals surface area contributed by atoms with Crippen LogP contribution in [0.4, 0.5) is 0 Å². The average molecular weight is 172 g/mol. The van der Waals surface area contributed by atoms with Gasteiger partial charge in [0.1, 0.15) is 0 Å². The summed E-state index contributed by atoms with van der Waals surface area (Å²) in [5.74, 6) is -2.04. The molecule has 1 N–H and O–H groups in total. The Kier molecular flexibility index (Phi) is 3.47. The second-order valence-electron chi connectivity index (χ2n) is 2.43. The molecule has 0 heterocycles. The van der Waals surface area contributed by atoms with Gasteiger partial charge in [-0.1, -0.05) is 6.08 Å². The summed E-state index contributed by atoms with van der Waals surface area (Å²) in [5, 5.41) is 8.66. The third-order valence-electron chi connectivity index (χ3n) is 1.55. The minimum atomic E-state index is -1.63. The summed E-state index contributed by atoms with van der Waals surface area (Å²) in [7, 11) is 0. The molecule has 4 heteroatoms. The molecule has 0 radical (unpaired) electrons. The number of aliphatic carboxylic acids is 1. The summed E-state index contributed by atoms with van der Waals surface area (Å²) in [4.78, 5) is 21.7. The minimum absolute atomic E-state index is 0.162. The molecule has 0 aromatic carbocycles. The lowest BCUT2D eigenvalue weighted by molar-refractivity contribution is -0.163. The molecular weight excluding hydrogens is 160 g/mol. The van der Waals surface area contributed by atoms with E-state index in [1.165, 1.54) is 6.92 Å². The molecule has 0 aromatic rings. The van der Waals surface area contributed by atoms with E-state index in [9.17, 15) is 9.59 Å². The van der Waals surface area contributed by atoms with Gasteiger partial charge in [-0.15, -0.1) is 6.58 Å². The first-order valence-electron chi connectivity index (χ1n) is 3.53. The predicted octanol–water partition coefficient (Wildman–Crippen LogP) is 0.826. The van der Waals surface area contributed by atoms with Gasteiger partial charge in [-0.25, -0.2) is 0 Å². The van der Waals surface area contributed by atoms with Gasteiger partial charge >= 0.3 is 11.9 Å². The summed E-state index contributed by atoms with van der Waals surface area (Å²) in [6.07, 6.45) is 1.06. The highest BCUT2D eigenvalue weighted by molar-refractivity contribution is 6.00. The van der Waals surface area contributed by atoms with Crippen LogP contribution in [0.3, 0.4) is 0 Å². The fourth-order valence-corrected chi connectivity index (χ4v) is 0.539. The van der Waals surface area contributed by atoms with Gasteiger partial charge in [0.15, 0.2) is 5.41 Å². The second kappa shape index (κ2) is 3.90. The van der Waals surface area contributed by atoms with Crippen molar-refractivity contribution in [3.05, 3.63) is 12.7 Å². The van der Waals surface area contributed by atoms with Crippen LogP contribution >= 0.6 is 0 Å². The molecule has 4 nitrogen and oxygen atoms in total. The number of hydrogen-bond acceptors (Lipinski definition) is 3. The van der Waals surface area contributed by atoms with Crippen molar-refractivity contribution in [1.82, 2.24) is 0 Å². The molecule has 0 amide bonds. The number of rotatable bonds is 4. The van der Waals surface area contributed by atoms with E-state index in [2.05, 4.69) is 11.3 Å². The van der Waals surface area contributed by atoms with Crippen molar-refractivity contribution in [1.29, 1.82) is 0 Å². The Balaban J connectivity index is 4.63. The van der Waals surface area contributed by atoms with E-state index < -0.39 is 17.4 Å². The number of hydrogen-bond donors (Lipinski definition) is 1. The highest BCUT2D eigenvalue weighted by Crippen LogP contribution is 2.19. The molecule has 0 saturated carbocycles. The molecule has 0 fully saturated rings. The van der Waals surface area contributed by atoms with Gasteiger partial charge < -0.3 is 9.84 Å². The molecule has 0 aliphatic carbocycles. The quantitative estimate of drug-likeness (QED) is 0.387. The van der Waals surface area contributed by atoms with Crippen molar-refractivity contribution in [3.8, 4) is 0 Å². The molecule has 0 rings (SSSR count). The SMILES string of the molecule is C=CC(C)(C(=O)O)C(=O)OCC. The first-order valence-corrected chi connectivity index (χ1v) is 3.53. The Hall–Kier alpha value is -1.32. The van der Waals surface area contributed by atoms with E-state index in [-0.39, 0.29) is 6.61 Å². The monoisotopic (exact) mass is 172 g/mol. The maximum Gasteiger partial charge on any atom is 0.327 e. The van der Waals surface area contributed by atoms with Crippen molar-refractivity contribution in [2.45, 2.75) is 13.8 Å². The number of carbonyl (C=O) groups is 2. The van der Waals surface area contributed by atoms with Gasteiger partial charge in [0.05, 0.1) is 6.61 Å². The number of carboxylic acids is 1. The Morgan fingerprint density at radius 1 is 1.67 bits per heavy atom. The molecule has 0 aliphatic heterocycles. The topological polar surface area (TPSA) is 63.6 Å². The molecule has 0 spiro atoms. The first-order chi connectivity index (χ1) is 5.49. The van der Waals surface area contributed by atoms with E-state index >= 15 is 0 Å². The van der Waals surface area contributed by atoms with Crippen molar-refractivity contribution >= 4 is 11.9 Å². The van der Waals surface area contributed by atoms with Crippen LogP contribution in [0, 0.1) is 5.41 Å². The van der Waals surface area contributed by atoms with E-state index in [1.54, 1.807) is 6.92 Å². The zero-order valence-electron chi connectivity index (χ0n) is 7.16. The summed E-state index contributed by atoms with van der Waals surface area (Å²) in [6.45, 7) is 6.30. The summed E-state index contributed by atoms with van der Waals surface area (Å²) < 4.78 is 4.57. The zero-order chi connectivity index (χ0) is 9.78. The molecule has 0 bridgehead atoms. The molecule has 0 aliphatic rings. The normalized spacial score (nSPS) is 14.5. The van der Waals surface area contributed by atoms with Crippen LogP contribution in [0.2, 0.25) is 0 Å². The lowest BCUT2D eigenvalue weighted by Gasteiger charge is -2.17. The van der Waals surface area contributed by atoms with Crippen molar-refractivity contribution in [2.24, 2.45) is 5.41 Å². The largest absolute Gasteiger partial charge is 0.480 e. The van der Waals surface area contributed by atoms with Crippen molar-refractivity contribution < 1.29 is 19.4 Å². The minimum Gasteiger partial charge on any atom is -0.480 e. The summed E-state index contributed by atoms with van der Waals surface area (Å²) >= 11 is 0. The van der Waals surface area contributed by atoms with E-state index in [4.69, 9.17) is 5.11 Å². The molecule has 1 unspecified atom stereocenters. The van der Waals surface area contributed by atoms with Gasteiger partial charge in [-0.3, -0.25) is 9.59 Å². The van der Waals surface area contributed by atoms with Crippen molar-refractivity contribution in [2.75, 3.05) is 6.61 Å². The Morgan fingerprint density at radius 3 is 2.42 bits per heavy atom. The molecular formula is C8H12O4. The number of ether oxygens (including phenoxy) is 1. The van der Waals surface area contributed by atoms with Gasteiger partial charge in [0, 0.05) is 0 Å². The molecule has 1 atom stereocenters. The van der Waals surface area contributed by atoms with Crippen LogP contribution in [-0.4, -0.2) is 23.7 Å². The van der Waals surface area contributed by atoms with E-state index in [0.29, 0.717) is 0 Å². The maximum absolute atomic E-state index is 11.1. The lowest BCUT2D eigenvalue weighted by atomic mass is 9.91. The number of esters is 1. The Bertz CT molecular complexity index is 209. The van der Waals surface area contributed by atoms with Crippen LogP contribution in [-0.2, 0) is 14.3 Å². The molecule has 12 heavy (non-hydrogen) atoms. The summed E-state index contributed by atoms with van der Waals surface area (Å²) in [6, 6.07) is 0. The fraction of sp³-hybridized carbons (Fsp3) is 0.500. The summed E-state index contributed by atoms with van der Waals surface area (Å²) in [5.41, 5.74) is -1.63. The predicted molar refractivity (Wildman–Crippen MR) is 42.6 cm³/mol. The Labute approximate surface area is 70.8 Å². The standard InChI is InChI=1S/C8H12O4/c1-4-8(3,6(9)10)7(11)12-5-2/h4H,1,5H2,2-3H3,(H,9,10). The maximum atomic E-state index is 11.1. The second-order valence-corrected chi connectivity index (χ2v) is 2.43. The highest BCUT2D eigenvalue weighted by atomic mass is 16.5. The Morgan fingerprint density at radius 2 is 2.17 bits per heavy atom. The third-order valence-corrected chi connectivity index (χ3v) is 1.55. The van der Waals surface area contributed by atoms with Crippen LogP contribution in [0.1, 0.15) is 13.8 Å². The third kappa shape index (κ3) is 1.84. The number of carboxylic acid groups (broad SMARTS) is 1. The average Bonchev–Trinajstić information content (AvgIpc) is 2.03. The molecule has 68 valence electrons. The van der Waals surface area contributed by atoms with Crippen LogP contribution in [0.15, 0.2) is 12.7 Å². The van der Waals surface area contributed by atoms with Crippen LogP contribution in [0.5, 0.6) is 0 Å². The van der Waals surface area contributed by atoms with E-state index in [1.807, 2.05) is 0 Å².